The zero-order valence-corrected chi connectivity index (χ0v) is 20.1. The maximum atomic E-state index is 13.6. The van der Waals surface area contributed by atoms with E-state index in [0.717, 1.165) is 11.1 Å². The fourth-order valence-corrected chi connectivity index (χ4v) is 4.44. The molecule has 6 nitrogen and oxygen atoms in total. The van der Waals surface area contributed by atoms with Crippen LogP contribution in [0.25, 0.3) is 5.76 Å². The van der Waals surface area contributed by atoms with Gasteiger partial charge in [-0.1, -0.05) is 42.0 Å². The number of ether oxygens (including phenoxy) is 1. The molecule has 2 heterocycles. The number of hydrogen-bond acceptors (Lipinski definition) is 5. The van der Waals surface area contributed by atoms with Crippen molar-refractivity contribution in [1.29, 1.82) is 0 Å². The van der Waals surface area contributed by atoms with Crippen LogP contribution in [0.4, 0.5) is 4.39 Å². The monoisotopic (exact) mass is 497 g/mol. The summed E-state index contributed by atoms with van der Waals surface area (Å²) in [5.41, 5.74) is 2.94. The number of furan rings is 1. The van der Waals surface area contributed by atoms with Crippen LogP contribution in [-0.2, 0) is 22.7 Å². The number of Topliss-reactive ketones (excluding diaryl/α,β-unsaturated/α-hetero) is 1. The molecule has 1 amide bonds. The number of carbonyl (C=O) groups is 2. The lowest BCUT2D eigenvalue weighted by atomic mass is 9.95. The Kier molecular flexibility index (Phi) is 6.60. The van der Waals surface area contributed by atoms with Crippen LogP contribution in [-0.4, -0.2) is 21.7 Å². The Morgan fingerprint density at radius 3 is 2.43 bits per heavy atom. The van der Waals surface area contributed by atoms with Crippen molar-refractivity contribution in [1.82, 2.24) is 4.90 Å². The van der Waals surface area contributed by atoms with E-state index >= 15 is 0 Å². The number of aryl methyl sites for hydroxylation is 1. The maximum absolute atomic E-state index is 13.6. The van der Waals surface area contributed by atoms with Crippen LogP contribution in [0.2, 0.25) is 0 Å². The van der Waals surface area contributed by atoms with Gasteiger partial charge in [0.15, 0.2) is 0 Å². The van der Waals surface area contributed by atoms with E-state index < -0.39 is 23.5 Å². The summed E-state index contributed by atoms with van der Waals surface area (Å²) in [6.45, 7) is 2.41. The second-order valence-electron chi connectivity index (χ2n) is 8.86. The van der Waals surface area contributed by atoms with E-state index in [1.807, 2.05) is 31.2 Å². The molecule has 0 bridgehead atoms. The van der Waals surface area contributed by atoms with Crippen LogP contribution >= 0.6 is 0 Å². The second-order valence-corrected chi connectivity index (χ2v) is 8.86. The Balaban J connectivity index is 1.46. The normalized spacial score (nSPS) is 16.8. The zero-order valence-electron chi connectivity index (χ0n) is 20.1. The van der Waals surface area contributed by atoms with Crippen molar-refractivity contribution < 1.29 is 28.2 Å². The van der Waals surface area contributed by atoms with Crippen molar-refractivity contribution in [3.8, 4) is 5.75 Å². The minimum Gasteiger partial charge on any atom is -0.507 e. The van der Waals surface area contributed by atoms with E-state index in [2.05, 4.69) is 0 Å². The molecule has 0 saturated carbocycles. The molecule has 0 radical (unpaired) electrons. The average molecular weight is 498 g/mol. The third-order valence-electron chi connectivity index (χ3n) is 6.25. The summed E-state index contributed by atoms with van der Waals surface area (Å²) in [4.78, 5) is 27.5. The van der Waals surface area contributed by atoms with Crippen LogP contribution in [0.1, 0.15) is 34.1 Å². The minimum atomic E-state index is -0.914. The van der Waals surface area contributed by atoms with Crippen molar-refractivity contribution in [2.75, 3.05) is 0 Å². The van der Waals surface area contributed by atoms with Gasteiger partial charge in [0.2, 0.25) is 0 Å². The summed E-state index contributed by atoms with van der Waals surface area (Å²) in [5.74, 6) is -1.30. The molecule has 0 aliphatic carbocycles. The van der Waals surface area contributed by atoms with Gasteiger partial charge in [0.05, 0.1) is 24.4 Å². The lowest BCUT2D eigenvalue weighted by Gasteiger charge is -2.24. The molecule has 5 rings (SSSR count). The summed E-state index contributed by atoms with van der Waals surface area (Å²) in [5, 5.41) is 11.2. The SMILES string of the molecule is Cc1cccc(COc2ccc(C(O)=C3C(=O)C(=O)N(Cc4ccco4)[C@H]3c3ccc(F)cc3)cc2)c1. The van der Waals surface area contributed by atoms with Crippen molar-refractivity contribution in [2.24, 2.45) is 0 Å². The lowest BCUT2D eigenvalue weighted by molar-refractivity contribution is -0.140. The topological polar surface area (TPSA) is 80.0 Å². The Morgan fingerprint density at radius 1 is 1.00 bits per heavy atom. The van der Waals surface area contributed by atoms with Crippen LogP contribution in [0.3, 0.4) is 0 Å². The van der Waals surface area contributed by atoms with Gasteiger partial charge < -0.3 is 19.2 Å². The number of ketones is 1. The second kappa shape index (κ2) is 10.1. The van der Waals surface area contributed by atoms with E-state index in [1.165, 1.54) is 35.4 Å². The molecule has 4 aromatic rings. The molecule has 1 fully saturated rings. The Morgan fingerprint density at radius 2 is 1.76 bits per heavy atom. The molecule has 1 aliphatic rings. The van der Waals surface area contributed by atoms with Crippen LogP contribution in [0, 0.1) is 12.7 Å². The van der Waals surface area contributed by atoms with Gasteiger partial charge in [0.25, 0.3) is 11.7 Å². The molecule has 37 heavy (non-hydrogen) atoms. The van der Waals surface area contributed by atoms with Gasteiger partial charge in [0.1, 0.15) is 29.7 Å². The molecule has 3 aromatic carbocycles. The van der Waals surface area contributed by atoms with E-state index in [0.29, 0.717) is 29.2 Å². The van der Waals surface area contributed by atoms with Gasteiger partial charge in [-0.3, -0.25) is 9.59 Å². The first kappa shape index (κ1) is 24.1. The lowest BCUT2D eigenvalue weighted by Crippen LogP contribution is -2.29. The molecule has 0 spiro atoms. The summed E-state index contributed by atoms with van der Waals surface area (Å²) in [7, 11) is 0. The number of aliphatic hydroxyl groups excluding tert-OH is 1. The predicted molar refractivity (Wildman–Crippen MR) is 135 cm³/mol. The van der Waals surface area contributed by atoms with Gasteiger partial charge in [-0.2, -0.15) is 0 Å². The quantitative estimate of drug-likeness (QED) is 0.195. The largest absolute Gasteiger partial charge is 0.507 e. The van der Waals surface area contributed by atoms with Gasteiger partial charge in [-0.25, -0.2) is 4.39 Å². The third-order valence-corrected chi connectivity index (χ3v) is 6.25. The first-order valence-corrected chi connectivity index (χ1v) is 11.8. The highest BCUT2D eigenvalue weighted by atomic mass is 19.1. The number of benzene rings is 3. The molecule has 1 atom stereocenters. The Labute approximate surface area is 213 Å². The summed E-state index contributed by atoms with van der Waals surface area (Å²) in [6.07, 6.45) is 1.47. The van der Waals surface area contributed by atoms with Gasteiger partial charge in [0, 0.05) is 5.56 Å². The number of hydrogen-bond donors (Lipinski definition) is 1. The molecule has 7 heteroatoms. The number of aliphatic hydroxyl groups is 1. The van der Waals surface area contributed by atoms with Crippen molar-refractivity contribution >= 4 is 17.4 Å². The van der Waals surface area contributed by atoms with Crippen LogP contribution in [0.15, 0.2) is 101 Å². The number of amides is 1. The molecule has 1 aromatic heterocycles. The molecular formula is C30H24FNO5. The molecule has 0 unspecified atom stereocenters. The average Bonchev–Trinajstić information content (AvgIpc) is 3.50. The number of carbonyl (C=O) groups excluding carboxylic acids is 2. The highest BCUT2D eigenvalue weighted by Crippen LogP contribution is 2.40. The van der Waals surface area contributed by atoms with Crippen LogP contribution < -0.4 is 4.74 Å². The van der Waals surface area contributed by atoms with E-state index in [4.69, 9.17) is 9.15 Å². The predicted octanol–water partition coefficient (Wildman–Crippen LogP) is 5.93. The third kappa shape index (κ3) is 5.02. The zero-order chi connectivity index (χ0) is 25.9. The van der Waals surface area contributed by atoms with Crippen molar-refractivity contribution in [3.63, 3.8) is 0 Å². The summed E-state index contributed by atoms with van der Waals surface area (Å²) in [6, 6.07) is 22.6. The molecule has 186 valence electrons. The van der Waals surface area contributed by atoms with Gasteiger partial charge >= 0.3 is 0 Å². The first-order chi connectivity index (χ1) is 17.9. The number of halogens is 1. The maximum Gasteiger partial charge on any atom is 0.296 e. The Hall–Kier alpha value is -4.65. The number of rotatable bonds is 7. The molecule has 1 N–H and O–H groups in total. The first-order valence-electron chi connectivity index (χ1n) is 11.8. The molecular weight excluding hydrogens is 473 g/mol. The van der Waals surface area contributed by atoms with Crippen molar-refractivity contribution in [3.05, 3.63) is 131 Å². The van der Waals surface area contributed by atoms with Crippen LogP contribution in [0.5, 0.6) is 5.75 Å². The highest BCUT2D eigenvalue weighted by Gasteiger charge is 2.46. The number of nitrogens with zero attached hydrogens (tertiary/aromatic N) is 1. The smallest absolute Gasteiger partial charge is 0.296 e. The number of likely N-dealkylation sites (tertiary alicyclic amines) is 1. The van der Waals surface area contributed by atoms with Crippen molar-refractivity contribution in [2.45, 2.75) is 26.1 Å². The fraction of sp³-hybridized carbons (Fsp3) is 0.133. The summed E-state index contributed by atoms with van der Waals surface area (Å²) >= 11 is 0. The van der Waals surface area contributed by atoms with Gasteiger partial charge in [-0.05, 0) is 66.6 Å². The van der Waals surface area contributed by atoms with E-state index in [-0.39, 0.29) is 17.9 Å². The Bertz CT molecular complexity index is 1460. The fourth-order valence-electron chi connectivity index (χ4n) is 4.44. The summed E-state index contributed by atoms with van der Waals surface area (Å²) < 4.78 is 24.9. The standard InChI is InChI=1S/C30H24FNO5/c1-19-4-2-5-20(16-19)18-37-24-13-9-22(10-14-24)28(33)26-27(21-7-11-23(31)12-8-21)32(30(35)29(26)34)17-25-6-3-15-36-25/h2-16,27,33H,17-18H2,1H3/t27-/m0/s1. The highest BCUT2D eigenvalue weighted by molar-refractivity contribution is 6.46. The van der Waals surface area contributed by atoms with E-state index in [9.17, 15) is 19.1 Å². The molecule has 1 aliphatic heterocycles. The molecule has 1 saturated heterocycles. The van der Waals surface area contributed by atoms with E-state index in [1.54, 1.807) is 36.4 Å². The van der Waals surface area contributed by atoms with Gasteiger partial charge in [-0.15, -0.1) is 0 Å². The minimum absolute atomic E-state index is 0.0160.